The predicted molar refractivity (Wildman–Crippen MR) is 118 cm³/mol. The van der Waals surface area contributed by atoms with Crippen LogP contribution in [0.15, 0.2) is 54.6 Å². The number of ether oxygens (including phenoxy) is 1. The molecule has 1 amide bonds. The summed E-state index contributed by atoms with van der Waals surface area (Å²) in [7, 11) is 0. The quantitative estimate of drug-likeness (QED) is 0.476. The lowest BCUT2D eigenvalue weighted by molar-refractivity contribution is -0.119. The number of amides is 1. The van der Waals surface area contributed by atoms with Crippen LogP contribution in [0.25, 0.3) is 16.6 Å². The van der Waals surface area contributed by atoms with Crippen molar-refractivity contribution in [1.29, 1.82) is 0 Å². The Hall–Kier alpha value is -4.07. The first-order valence-corrected chi connectivity index (χ1v) is 9.99. The molecule has 0 bridgehead atoms. The van der Waals surface area contributed by atoms with E-state index < -0.39 is 18.5 Å². The zero-order chi connectivity index (χ0) is 22.8. The molecule has 0 atom stereocenters. The number of fused-ring (bicyclic) bond motifs is 1. The van der Waals surface area contributed by atoms with Crippen LogP contribution in [-0.4, -0.2) is 33.2 Å². The fourth-order valence-corrected chi connectivity index (χ4v) is 3.58. The predicted octanol–water partition coefficient (Wildman–Crippen LogP) is 4.28. The van der Waals surface area contributed by atoms with Crippen molar-refractivity contribution < 1.29 is 18.7 Å². The van der Waals surface area contributed by atoms with Gasteiger partial charge in [-0.05, 0) is 56.7 Å². The Kier molecular flexibility index (Phi) is 5.68. The molecule has 0 saturated heterocycles. The Bertz CT molecular complexity index is 1330. The zero-order valence-corrected chi connectivity index (χ0v) is 17.8. The molecule has 32 heavy (non-hydrogen) atoms. The number of nitrogens with zero attached hydrogens (tertiary/aromatic N) is 3. The van der Waals surface area contributed by atoms with Gasteiger partial charge in [0.1, 0.15) is 11.6 Å². The van der Waals surface area contributed by atoms with Crippen molar-refractivity contribution in [3.05, 3.63) is 82.9 Å². The molecule has 4 aromatic rings. The summed E-state index contributed by atoms with van der Waals surface area (Å²) in [6.07, 6.45) is 0. The normalized spacial score (nSPS) is 10.9. The maximum absolute atomic E-state index is 13.2. The molecule has 2 aromatic carbocycles. The summed E-state index contributed by atoms with van der Waals surface area (Å²) in [4.78, 5) is 29.7. The molecule has 162 valence electrons. The second kappa shape index (κ2) is 8.58. The molecule has 0 aliphatic rings. The first-order valence-electron chi connectivity index (χ1n) is 9.99. The van der Waals surface area contributed by atoms with Gasteiger partial charge in [0.2, 0.25) is 0 Å². The molecule has 0 aliphatic carbocycles. The number of benzene rings is 2. The standard InChI is InChI=1S/C24H21FN4O3/c1-14-12-21(29(28-14)18-10-8-17(25)9-11-18)27-22(30)13-32-24(31)23-15(2)19-6-4-5-7-20(19)26-16(23)3/h4-12H,13H2,1-3H3,(H,27,30). The van der Waals surface area contributed by atoms with Crippen molar-refractivity contribution in [3.63, 3.8) is 0 Å². The van der Waals surface area contributed by atoms with Crippen LogP contribution >= 0.6 is 0 Å². The minimum absolute atomic E-state index is 0.351. The number of nitrogens with one attached hydrogen (secondary N) is 1. The number of rotatable bonds is 5. The molecule has 0 saturated carbocycles. The van der Waals surface area contributed by atoms with E-state index in [1.165, 1.54) is 16.8 Å². The number of aromatic nitrogens is 3. The van der Waals surface area contributed by atoms with Crippen molar-refractivity contribution in [1.82, 2.24) is 14.8 Å². The number of hydrogen-bond acceptors (Lipinski definition) is 5. The van der Waals surface area contributed by atoms with E-state index in [9.17, 15) is 14.0 Å². The van der Waals surface area contributed by atoms with Crippen LogP contribution < -0.4 is 5.32 Å². The molecular weight excluding hydrogens is 411 g/mol. The lowest BCUT2D eigenvalue weighted by atomic mass is 10.0. The Morgan fingerprint density at radius 3 is 2.53 bits per heavy atom. The Labute approximate surface area is 183 Å². The first-order chi connectivity index (χ1) is 15.3. The summed E-state index contributed by atoms with van der Waals surface area (Å²) in [6, 6.07) is 14.9. The van der Waals surface area contributed by atoms with Crippen LogP contribution in [0.4, 0.5) is 10.2 Å². The van der Waals surface area contributed by atoms with Crippen molar-refractivity contribution in [2.24, 2.45) is 0 Å². The molecule has 0 aliphatic heterocycles. The van der Waals surface area contributed by atoms with Crippen molar-refractivity contribution >= 4 is 28.6 Å². The first kappa shape index (κ1) is 21.2. The van der Waals surface area contributed by atoms with Crippen LogP contribution in [0.2, 0.25) is 0 Å². The van der Waals surface area contributed by atoms with E-state index in [2.05, 4.69) is 15.4 Å². The highest BCUT2D eigenvalue weighted by atomic mass is 19.1. The number of esters is 1. The molecule has 0 unspecified atom stereocenters. The van der Waals surface area contributed by atoms with Gasteiger partial charge in [0.25, 0.3) is 5.91 Å². The largest absolute Gasteiger partial charge is 0.452 e. The molecule has 1 N–H and O–H groups in total. The molecule has 7 nitrogen and oxygen atoms in total. The maximum atomic E-state index is 13.2. The highest BCUT2D eigenvalue weighted by Crippen LogP contribution is 2.23. The molecule has 2 heterocycles. The van der Waals surface area contributed by atoms with E-state index in [4.69, 9.17) is 4.74 Å². The van der Waals surface area contributed by atoms with Crippen molar-refractivity contribution in [2.75, 3.05) is 11.9 Å². The van der Waals surface area contributed by atoms with Crippen LogP contribution in [-0.2, 0) is 9.53 Å². The monoisotopic (exact) mass is 432 g/mol. The number of carbonyl (C=O) groups excluding carboxylic acids is 2. The topological polar surface area (TPSA) is 86.1 Å². The van der Waals surface area contributed by atoms with Gasteiger partial charge in [0.05, 0.1) is 28.2 Å². The molecule has 8 heteroatoms. The summed E-state index contributed by atoms with van der Waals surface area (Å²) < 4.78 is 20.0. The van der Waals surface area contributed by atoms with E-state index in [0.29, 0.717) is 28.5 Å². The van der Waals surface area contributed by atoms with Crippen LogP contribution in [0.5, 0.6) is 0 Å². The van der Waals surface area contributed by atoms with E-state index in [-0.39, 0.29) is 5.82 Å². The second-order valence-corrected chi connectivity index (χ2v) is 7.40. The van der Waals surface area contributed by atoms with E-state index in [1.54, 1.807) is 32.0 Å². The second-order valence-electron chi connectivity index (χ2n) is 7.40. The number of halogens is 1. The smallest absolute Gasteiger partial charge is 0.340 e. The fraction of sp³-hybridized carbons (Fsp3) is 0.167. The third-order valence-electron chi connectivity index (χ3n) is 5.04. The van der Waals surface area contributed by atoms with Gasteiger partial charge in [-0.1, -0.05) is 18.2 Å². The van der Waals surface area contributed by atoms with Crippen LogP contribution in [0.3, 0.4) is 0 Å². The van der Waals surface area contributed by atoms with Crippen molar-refractivity contribution in [3.8, 4) is 5.69 Å². The highest BCUT2D eigenvalue weighted by molar-refractivity contribution is 6.00. The van der Waals surface area contributed by atoms with E-state index >= 15 is 0 Å². The zero-order valence-electron chi connectivity index (χ0n) is 17.8. The van der Waals surface area contributed by atoms with Gasteiger partial charge in [-0.2, -0.15) is 5.10 Å². The third-order valence-corrected chi connectivity index (χ3v) is 5.04. The SMILES string of the molecule is Cc1cc(NC(=O)COC(=O)c2c(C)nc3ccccc3c2C)n(-c2ccc(F)cc2)n1. The summed E-state index contributed by atoms with van der Waals surface area (Å²) in [5.74, 6) is -1.12. The average Bonchev–Trinajstić information content (AvgIpc) is 3.12. The van der Waals surface area contributed by atoms with E-state index in [1.807, 2.05) is 31.2 Å². The third kappa shape index (κ3) is 4.20. The number of pyridine rings is 1. The lowest BCUT2D eigenvalue weighted by Gasteiger charge is -2.12. The molecule has 4 rings (SSSR count). The summed E-state index contributed by atoms with van der Waals surface area (Å²) in [5, 5.41) is 7.86. The van der Waals surface area contributed by atoms with Gasteiger partial charge in [-0.3, -0.25) is 9.78 Å². The molecule has 0 radical (unpaired) electrons. The molecular formula is C24H21FN4O3. The number of carbonyl (C=O) groups is 2. The fourth-order valence-electron chi connectivity index (χ4n) is 3.58. The summed E-state index contributed by atoms with van der Waals surface area (Å²) in [6.45, 7) is 4.87. The average molecular weight is 432 g/mol. The van der Waals surface area contributed by atoms with Gasteiger partial charge < -0.3 is 10.1 Å². The number of anilines is 1. The van der Waals surface area contributed by atoms with Gasteiger partial charge in [-0.15, -0.1) is 0 Å². The molecule has 2 aromatic heterocycles. The maximum Gasteiger partial charge on any atom is 0.340 e. The van der Waals surface area contributed by atoms with Crippen molar-refractivity contribution in [2.45, 2.75) is 20.8 Å². The van der Waals surface area contributed by atoms with E-state index in [0.717, 1.165) is 16.5 Å². The van der Waals surface area contributed by atoms with Gasteiger partial charge >= 0.3 is 5.97 Å². The van der Waals surface area contributed by atoms with Crippen LogP contribution in [0, 0.1) is 26.6 Å². The minimum atomic E-state index is -0.614. The number of para-hydroxylation sites is 1. The highest BCUT2D eigenvalue weighted by Gasteiger charge is 2.19. The van der Waals surface area contributed by atoms with Gasteiger partial charge in [0, 0.05) is 11.5 Å². The Morgan fingerprint density at radius 2 is 1.78 bits per heavy atom. The number of aryl methyl sites for hydroxylation is 3. The summed E-state index contributed by atoms with van der Waals surface area (Å²) >= 11 is 0. The molecule has 0 fully saturated rings. The number of hydrogen-bond donors (Lipinski definition) is 1. The van der Waals surface area contributed by atoms with Crippen LogP contribution in [0.1, 0.15) is 27.3 Å². The Morgan fingerprint density at radius 1 is 1.06 bits per heavy atom. The van der Waals surface area contributed by atoms with Gasteiger partial charge in [0.15, 0.2) is 6.61 Å². The lowest BCUT2D eigenvalue weighted by Crippen LogP contribution is -2.23. The van der Waals surface area contributed by atoms with Gasteiger partial charge in [-0.25, -0.2) is 13.9 Å². The Balaban J connectivity index is 1.48. The summed E-state index contributed by atoms with van der Waals surface area (Å²) in [5.41, 5.74) is 3.68. The minimum Gasteiger partial charge on any atom is -0.452 e. The molecule has 0 spiro atoms.